The summed E-state index contributed by atoms with van der Waals surface area (Å²) in [5.74, 6) is 1.71. The lowest BCUT2D eigenvalue weighted by Gasteiger charge is -2.32. The fourth-order valence-corrected chi connectivity index (χ4v) is 3.26. The van der Waals surface area contributed by atoms with Gasteiger partial charge in [0.15, 0.2) is 0 Å². The fourth-order valence-electron chi connectivity index (χ4n) is 3.26. The second kappa shape index (κ2) is 8.70. The van der Waals surface area contributed by atoms with Gasteiger partial charge in [-0.05, 0) is 62.2 Å². The highest BCUT2D eigenvalue weighted by atomic mass is 16.5. The Morgan fingerprint density at radius 3 is 2.56 bits per heavy atom. The van der Waals surface area contributed by atoms with Gasteiger partial charge in [0.1, 0.15) is 12.4 Å². The Morgan fingerprint density at radius 1 is 1.32 bits per heavy atom. The summed E-state index contributed by atoms with van der Waals surface area (Å²) in [7, 11) is 0. The van der Waals surface area contributed by atoms with Gasteiger partial charge in [0.05, 0.1) is 6.04 Å². The standard InChI is InChI=1S/C21H34N2O2/c1-15-7-6-8-16(2)20(15)25-14-18(21(3,4)5)23-19(24)10-9-17-11-12-22-13-17/h6-8,17-18,22H,9-14H2,1-5H3,(H,23,24). The third-order valence-corrected chi connectivity index (χ3v) is 5.13. The van der Waals surface area contributed by atoms with Crippen molar-refractivity contribution in [3.63, 3.8) is 0 Å². The van der Waals surface area contributed by atoms with Crippen LogP contribution in [0.3, 0.4) is 0 Å². The lowest BCUT2D eigenvalue weighted by molar-refractivity contribution is -0.123. The Kier molecular flexibility index (Phi) is 6.88. The van der Waals surface area contributed by atoms with Crippen molar-refractivity contribution in [3.05, 3.63) is 29.3 Å². The van der Waals surface area contributed by atoms with E-state index >= 15 is 0 Å². The van der Waals surface area contributed by atoms with Crippen LogP contribution in [0, 0.1) is 25.2 Å². The maximum absolute atomic E-state index is 12.4. The van der Waals surface area contributed by atoms with Gasteiger partial charge in [-0.1, -0.05) is 39.0 Å². The molecule has 2 unspecified atom stereocenters. The van der Waals surface area contributed by atoms with Gasteiger partial charge in [-0.15, -0.1) is 0 Å². The van der Waals surface area contributed by atoms with Crippen LogP contribution >= 0.6 is 0 Å². The van der Waals surface area contributed by atoms with Crippen molar-refractivity contribution in [2.24, 2.45) is 11.3 Å². The third kappa shape index (κ3) is 6.03. The van der Waals surface area contributed by atoms with Crippen molar-refractivity contribution < 1.29 is 9.53 Å². The molecule has 1 aliphatic rings. The fraction of sp³-hybridized carbons (Fsp3) is 0.667. The van der Waals surface area contributed by atoms with Crippen LogP contribution in [0.4, 0.5) is 0 Å². The highest BCUT2D eigenvalue weighted by molar-refractivity contribution is 5.76. The van der Waals surface area contributed by atoms with Crippen molar-refractivity contribution in [1.82, 2.24) is 10.6 Å². The number of carbonyl (C=O) groups excluding carboxylic acids is 1. The molecule has 0 spiro atoms. The molecular formula is C21H34N2O2. The lowest BCUT2D eigenvalue weighted by atomic mass is 9.87. The summed E-state index contributed by atoms with van der Waals surface area (Å²) in [5.41, 5.74) is 2.21. The second-order valence-corrected chi connectivity index (χ2v) is 8.42. The van der Waals surface area contributed by atoms with Crippen molar-refractivity contribution in [2.75, 3.05) is 19.7 Å². The van der Waals surface area contributed by atoms with E-state index in [1.54, 1.807) is 0 Å². The Balaban J connectivity index is 1.91. The topological polar surface area (TPSA) is 50.4 Å². The van der Waals surface area contributed by atoms with Crippen LogP contribution in [0.1, 0.15) is 51.2 Å². The van der Waals surface area contributed by atoms with E-state index in [9.17, 15) is 4.79 Å². The van der Waals surface area contributed by atoms with Crippen LogP contribution < -0.4 is 15.4 Å². The number of rotatable bonds is 7. The van der Waals surface area contributed by atoms with E-state index in [1.807, 2.05) is 6.07 Å². The van der Waals surface area contributed by atoms with E-state index in [2.05, 4.69) is 57.4 Å². The van der Waals surface area contributed by atoms with E-state index < -0.39 is 0 Å². The molecule has 0 radical (unpaired) electrons. The van der Waals surface area contributed by atoms with Crippen molar-refractivity contribution in [3.8, 4) is 5.75 Å². The third-order valence-electron chi connectivity index (χ3n) is 5.13. The zero-order valence-corrected chi connectivity index (χ0v) is 16.4. The molecule has 2 atom stereocenters. The highest BCUT2D eigenvalue weighted by Crippen LogP contribution is 2.25. The maximum Gasteiger partial charge on any atom is 0.220 e. The number of hydrogen-bond acceptors (Lipinski definition) is 3. The number of aryl methyl sites for hydroxylation is 2. The van der Waals surface area contributed by atoms with Gasteiger partial charge in [-0.25, -0.2) is 0 Å². The zero-order chi connectivity index (χ0) is 18.4. The molecule has 1 aromatic carbocycles. The Hall–Kier alpha value is -1.55. The first-order valence-electron chi connectivity index (χ1n) is 9.46. The molecule has 2 rings (SSSR count). The molecule has 1 heterocycles. The molecule has 1 aliphatic heterocycles. The van der Waals surface area contributed by atoms with Crippen LogP contribution in [0.5, 0.6) is 5.75 Å². The molecule has 0 saturated carbocycles. The predicted octanol–water partition coefficient (Wildman–Crippen LogP) is 3.60. The van der Waals surface area contributed by atoms with E-state index in [0.717, 1.165) is 36.4 Å². The second-order valence-electron chi connectivity index (χ2n) is 8.42. The molecule has 0 bridgehead atoms. The van der Waals surface area contributed by atoms with E-state index in [1.165, 1.54) is 6.42 Å². The quantitative estimate of drug-likeness (QED) is 0.793. The van der Waals surface area contributed by atoms with Crippen LogP contribution in [0.25, 0.3) is 0 Å². The molecule has 25 heavy (non-hydrogen) atoms. The number of nitrogens with one attached hydrogen (secondary N) is 2. The van der Waals surface area contributed by atoms with Gasteiger partial charge in [0.2, 0.25) is 5.91 Å². The molecule has 0 aliphatic carbocycles. The van der Waals surface area contributed by atoms with Crippen LogP contribution in [-0.4, -0.2) is 31.6 Å². The normalized spacial score (nSPS) is 18.8. The van der Waals surface area contributed by atoms with Gasteiger partial charge < -0.3 is 15.4 Å². The SMILES string of the molecule is Cc1cccc(C)c1OCC(NC(=O)CCC1CCNC1)C(C)(C)C. The Bertz CT molecular complexity index is 551. The summed E-state index contributed by atoms with van der Waals surface area (Å²) in [6.45, 7) is 13.2. The molecule has 4 nitrogen and oxygen atoms in total. The molecular weight excluding hydrogens is 312 g/mol. The van der Waals surface area contributed by atoms with Gasteiger partial charge in [0, 0.05) is 6.42 Å². The number of benzene rings is 1. The maximum atomic E-state index is 12.4. The largest absolute Gasteiger partial charge is 0.491 e. The number of amides is 1. The zero-order valence-electron chi connectivity index (χ0n) is 16.4. The van der Waals surface area contributed by atoms with E-state index in [0.29, 0.717) is 18.9 Å². The molecule has 2 N–H and O–H groups in total. The lowest BCUT2D eigenvalue weighted by Crippen LogP contribution is -2.47. The van der Waals surface area contributed by atoms with Crippen molar-refractivity contribution >= 4 is 5.91 Å². The van der Waals surface area contributed by atoms with Gasteiger partial charge in [-0.3, -0.25) is 4.79 Å². The monoisotopic (exact) mass is 346 g/mol. The number of carbonyl (C=O) groups is 1. The minimum Gasteiger partial charge on any atom is -0.491 e. The summed E-state index contributed by atoms with van der Waals surface area (Å²) in [6, 6.07) is 6.14. The smallest absolute Gasteiger partial charge is 0.220 e. The summed E-state index contributed by atoms with van der Waals surface area (Å²) in [5, 5.41) is 6.56. The Labute approximate surface area is 152 Å². The first-order valence-corrected chi connectivity index (χ1v) is 9.46. The minimum atomic E-state index is -0.0544. The number of hydrogen-bond donors (Lipinski definition) is 2. The van der Waals surface area contributed by atoms with Crippen LogP contribution in [0.2, 0.25) is 0 Å². The molecule has 1 aromatic rings. The number of ether oxygens (including phenoxy) is 1. The van der Waals surface area contributed by atoms with Gasteiger partial charge in [0.25, 0.3) is 0 Å². The molecule has 140 valence electrons. The minimum absolute atomic E-state index is 0.0132. The molecule has 1 amide bonds. The van der Waals surface area contributed by atoms with Crippen LogP contribution in [-0.2, 0) is 4.79 Å². The molecule has 1 saturated heterocycles. The van der Waals surface area contributed by atoms with E-state index in [-0.39, 0.29) is 17.4 Å². The van der Waals surface area contributed by atoms with Gasteiger partial charge in [-0.2, -0.15) is 0 Å². The van der Waals surface area contributed by atoms with Crippen molar-refractivity contribution in [2.45, 2.75) is 59.9 Å². The molecule has 0 aromatic heterocycles. The summed E-state index contributed by atoms with van der Waals surface area (Å²) in [4.78, 5) is 12.4. The number of para-hydroxylation sites is 1. The van der Waals surface area contributed by atoms with E-state index in [4.69, 9.17) is 4.74 Å². The molecule has 1 fully saturated rings. The average molecular weight is 347 g/mol. The van der Waals surface area contributed by atoms with Gasteiger partial charge >= 0.3 is 0 Å². The van der Waals surface area contributed by atoms with Crippen molar-refractivity contribution in [1.29, 1.82) is 0 Å². The summed E-state index contributed by atoms with van der Waals surface area (Å²) >= 11 is 0. The first-order chi connectivity index (χ1) is 11.8. The Morgan fingerprint density at radius 2 is 2.00 bits per heavy atom. The highest BCUT2D eigenvalue weighted by Gasteiger charge is 2.27. The first kappa shape index (κ1) is 19.8. The average Bonchev–Trinajstić information content (AvgIpc) is 3.03. The van der Waals surface area contributed by atoms with Crippen LogP contribution in [0.15, 0.2) is 18.2 Å². The summed E-state index contributed by atoms with van der Waals surface area (Å²) < 4.78 is 6.11. The summed E-state index contributed by atoms with van der Waals surface area (Å²) in [6.07, 6.45) is 2.75. The predicted molar refractivity (Wildman–Crippen MR) is 103 cm³/mol. The molecule has 4 heteroatoms.